The maximum Gasteiger partial charge on any atom is 0.338 e. The highest BCUT2D eigenvalue weighted by molar-refractivity contribution is 7.89. The van der Waals surface area contributed by atoms with Gasteiger partial charge in [-0.15, -0.1) is 0 Å². The lowest BCUT2D eigenvalue weighted by molar-refractivity contribution is 0.0691. The first-order valence-corrected chi connectivity index (χ1v) is 8.18. The molecule has 5 nitrogen and oxygen atoms in total. The van der Waals surface area contributed by atoms with Crippen LogP contribution in [0.3, 0.4) is 0 Å². The molecule has 0 aliphatic rings. The molecule has 0 radical (unpaired) electrons. The molecule has 0 amide bonds. The van der Waals surface area contributed by atoms with E-state index in [4.69, 9.17) is 16.7 Å². The van der Waals surface area contributed by atoms with Gasteiger partial charge in [0.25, 0.3) is 0 Å². The molecule has 0 atom stereocenters. The summed E-state index contributed by atoms with van der Waals surface area (Å²) in [5.74, 6) is -2.91. The van der Waals surface area contributed by atoms with E-state index in [1.54, 1.807) is 20.8 Å². The molecule has 0 unspecified atom stereocenters. The van der Waals surface area contributed by atoms with Gasteiger partial charge in [-0.1, -0.05) is 25.4 Å². The largest absolute Gasteiger partial charge is 0.478 e. The van der Waals surface area contributed by atoms with Crippen molar-refractivity contribution in [2.75, 3.05) is 0 Å². The normalized spacial score (nSPS) is 12.4. The van der Waals surface area contributed by atoms with E-state index in [0.29, 0.717) is 12.8 Å². The zero-order valence-electron chi connectivity index (χ0n) is 11.9. The monoisotopic (exact) mass is 337 g/mol. The third-order valence-corrected chi connectivity index (χ3v) is 5.32. The van der Waals surface area contributed by atoms with Crippen LogP contribution >= 0.6 is 11.6 Å². The zero-order valence-corrected chi connectivity index (χ0v) is 13.5. The zero-order chi connectivity index (χ0) is 16.4. The Hall–Kier alpha value is -1.18. The van der Waals surface area contributed by atoms with Crippen molar-refractivity contribution in [3.63, 3.8) is 0 Å². The molecule has 1 rings (SSSR count). The molecule has 1 aromatic rings. The molecule has 0 aliphatic heterocycles. The lowest BCUT2D eigenvalue weighted by Gasteiger charge is -2.28. The standard InChI is InChI=1S/C13H17ClFNO4S/c1-4-13(3,5-2)16-21(19,20)10-7-8(14)6-9(11(10)15)12(17)18/h6-7,16H,4-5H2,1-3H3,(H,17,18). The van der Waals surface area contributed by atoms with E-state index < -0.39 is 37.8 Å². The highest BCUT2D eigenvalue weighted by atomic mass is 35.5. The molecule has 21 heavy (non-hydrogen) atoms. The van der Waals surface area contributed by atoms with E-state index in [2.05, 4.69) is 4.72 Å². The van der Waals surface area contributed by atoms with Crippen molar-refractivity contribution in [1.29, 1.82) is 0 Å². The molecule has 118 valence electrons. The van der Waals surface area contributed by atoms with Crippen LogP contribution in [0.4, 0.5) is 4.39 Å². The average molecular weight is 338 g/mol. The van der Waals surface area contributed by atoms with Crippen molar-refractivity contribution >= 4 is 27.6 Å². The van der Waals surface area contributed by atoms with Gasteiger partial charge < -0.3 is 5.11 Å². The molecule has 0 aromatic heterocycles. The highest BCUT2D eigenvalue weighted by Crippen LogP contribution is 2.26. The molecular formula is C13H17ClFNO4S. The number of nitrogens with one attached hydrogen (secondary N) is 1. The first kappa shape index (κ1) is 17.9. The van der Waals surface area contributed by atoms with Crippen molar-refractivity contribution in [2.24, 2.45) is 0 Å². The number of carbonyl (C=O) groups is 1. The lowest BCUT2D eigenvalue weighted by atomic mass is 9.98. The van der Waals surface area contributed by atoms with Gasteiger partial charge in [0.2, 0.25) is 10.0 Å². The topological polar surface area (TPSA) is 83.5 Å². The van der Waals surface area contributed by atoms with Crippen molar-refractivity contribution < 1.29 is 22.7 Å². The summed E-state index contributed by atoms with van der Waals surface area (Å²) in [6.45, 7) is 5.27. The third kappa shape index (κ3) is 3.93. The van der Waals surface area contributed by atoms with Gasteiger partial charge in [-0.25, -0.2) is 22.3 Å². The number of benzene rings is 1. The fraction of sp³-hybridized carbons (Fsp3) is 0.462. The number of sulfonamides is 1. The Morgan fingerprint density at radius 3 is 2.33 bits per heavy atom. The van der Waals surface area contributed by atoms with Gasteiger partial charge in [0.1, 0.15) is 4.90 Å². The summed E-state index contributed by atoms with van der Waals surface area (Å²) < 4.78 is 41.1. The molecule has 0 heterocycles. The lowest BCUT2D eigenvalue weighted by Crippen LogP contribution is -2.45. The van der Waals surface area contributed by atoms with Crippen LogP contribution in [0.15, 0.2) is 17.0 Å². The van der Waals surface area contributed by atoms with Crippen LogP contribution in [0.1, 0.15) is 44.0 Å². The van der Waals surface area contributed by atoms with Gasteiger partial charge in [0, 0.05) is 10.6 Å². The second-order valence-electron chi connectivity index (χ2n) is 4.94. The number of aromatic carboxylic acids is 1. The number of carboxylic acid groups (broad SMARTS) is 1. The van der Waals surface area contributed by atoms with Gasteiger partial charge in [-0.3, -0.25) is 0 Å². The predicted molar refractivity (Wildman–Crippen MR) is 77.7 cm³/mol. The highest BCUT2D eigenvalue weighted by Gasteiger charge is 2.31. The Morgan fingerprint density at radius 1 is 1.38 bits per heavy atom. The van der Waals surface area contributed by atoms with Crippen LogP contribution in [0.5, 0.6) is 0 Å². The fourth-order valence-electron chi connectivity index (χ4n) is 1.69. The van der Waals surface area contributed by atoms with Gasteiger partial charge in [-0.2, -0.15) is 0 Å². The summed E-state index contributed by atoms with van der Waals surface area (Å²) in [6.07, 6.45) is 0.993. The summed E-state index contributed by atoms with van der Waals surface area (Å²) in [6, 6.07) is 1.77. The maximum absolute atomic E-state index is 14.1. The summed E-state index contributed by atoms with van der Waals surface area (Å²) in [4.78, 5) is 10.2. The van der Waals surface area contributed by atoms with E-state index in [1.165, 1.54) is 0 Å². The Labute approximate surface area is 128 Å². The van der Waals surface area contributed by atoms with Gasteiger partial charge in [0.05, 0.1) is 5.56 Å². The summed E-state index contributed by atoms with van der Waals surface area (Å²) in [5, 5.41) is 8.73. The van der Waals surface area contributed by atoms with Crippen molar-refractivity contribution in [2.45, 2.75) is 44.0 Å². The number of hydrogen-bond acceptors (Lipinski definition) is 3. The first-order chi connectivity index (χ1) is 9.56. The molecule has 1 aromatic carbocycles. The molecule has 0 fully saturated rings. The van der Waals surface area contributed by atoms with Gasteiger partial charge in [-0.05, 0) is 31.9 Å². The van der Waals surface area contributed by atoms with E-state index >= 15 is 0 Å². The number of rotatable bonds is 6. The van der Waals surface area contributed by atoms with Crippen molar-refractivity contribution in [1.82, 2.24) is 4.72 Å². The Bertz CT molecular complexity index is 656. The minimum atomic E-state index is -4.22. The molecule has 0 aliphatic carbocycles. The van der Waals surface area contributed by atoms with Crippen molar-refractivity contribution in [3.8, 4) is 0 Å². The Kier molecular flexibility index (Phi) is 5.35. The minimum Gasteiger partial charge on any atom is -0.478 e. The SMILES string of the molecule is CCC(C)(CC)NS(=O)(=O)c1cc(Cl)cc(C(=O)O)c1F. The van der Waals surface area contributed by atoms with E-state index in [0.717, 1.165) is 12.1 Å². The van der Waals surface area contributed by atoms with E-state index in [-0.39, 0.29) is 5.02 Å². The second kappa shape index (κ2) is 6.29. The molecule has 0 saturated heterocycles. The second-order valence-corrected chi connectivity index (χ2v) is 7.03. The predicted octanol–water partition coefficient (Wildman–Crippen LogP) is 3.03. The van der Waals surface area contributed by atoms with E-state index in [1.807, 2.05) is 0 Å². The Balaban J connectivity index is 3.42. The molecule has 0 bridgehead atoms. The molecular weight excluding hydrogens is 321 g/mol. The van der Waals surface area contributed by atoms with Crippen molar-refractivity contribution in [3.05, 3.63) is 28.5 Å². The first-order valence-electron chi connectivity index (χ1n) is 6.32. The summed E-state index contributed by atoms with van der Waals surface area (Å²) >= 11 is 5.69. The number of hydrogen-bond donors (Lipinski definition) is 2. The van der Waals surface area contributed by atoms with Crippen LogP contribution in [-0.2, 0) is 10.0 Å². The quantitative estimate of drug-likeness (QED) is 0.835. The average Bonchev–Trinajstić information content (AvgIpc) is 2.39. The van der Waals surface area contributed by atoms with Crippen LogP contribution in [0, 0.1) is 5.82 Å². The molecule has 8 heteroatoms. The van der Waals surface area contributed by atoms with Crippen LogP contribution < -0.4 is 4.72 Å². The maximum atomic E-state index is 14.1. The molecule has 0 spiro atoms. The smallest absolute Gasteiger partial charge is 0.338 e. The number of carboxylic acids is 1. The van der Waals surface area contributed by atoms with Gasteiger partial charge >= 0.3 is 5.97 Å². The third-order valence-electron chi connectivity index (χ3n) is 3.47. The number of halogens is 2. The van der Waals surface area contributed by atoms with Crippen LogP contribution in [-0.4, -0.2) is 25.0 Å². The summed E-state index contributed by atoms with van der Waals surface area (Å²) in [7, 11) is -4.22. The molecule has 0 saturated carbocycles. The van der Waals surface area contributed by atoms with Gasteiger partial charge in [0.15, 0.2) is 5.82 Å². The van der Waals surface area contributed by atoms with E-state index in [9.17, 15) is 17.6 Å². The Morgan fingerprint density at radius 2 is 1.90 bits per heavy atom. The minimum absolute atomic E-state index is 0.163. The fourth-order valence-corrected chi connectivity index (χ4v) is 3.65. The summed E-state index contributed by atoms with van der Waals surface area (Å²) in [5.41, 5.74) is -1.53. The van der Waals surface area contributed by atoms with Crippen LogP contribution in [0.25, 0.3) is 0 Å². The van der Waals surface area contributed by atoms with Crippen LogP contribution in [0.2, 0.25) is 5.02 Å². The molecule has 2 N–H and O–H groups in total.